The summed E-state index contributed by atoms with van der Waals surface area (Å²) in [5.74, 6) is 0.894. The first kappa shape index (κ1) is 24.0. The molecule has 2 fully saturated rings. The molecule has 0 saturated carbocycles. The van der Waals surface area contributed by atoms with Crippen LogP contribution in [0.3, 0.4) is 0 Å². The molecule has 3 aromatic rings. The van der Waals surface area contributed by atoms with E-state index in [9.17, 15) is 24.2 Å². The highest BCUT2D eigenvalue weighted by Crippen LogP contribution is 3.02. The Balaban J connectivity index is 1.28. The second-order valence-corrected chi connectivity index (χ2v) is 11.6. The number of aromatic amines is 1. The maximum Gasteiger partial charge on any atom is 0.310 e. The average molecular weight is 517 g/mol. The first-order valence-electron chi connectivity index (χ1n) is 11.4. The summed E-state index contributed by atoms with van der Waals surface area (Å²) in [5, 5.41) is 0. The molecule has 2 aliphatic heterocycles. The molecular weight excluding hydrogens is 491 g/mol. The van der Waals surface area contributed by atoms with Crippen molar-refractivity contribution < 1.29 is 29.0 Å². The Morgan fingerprint density at radius 3 is 2.23 bits per heavy atom. The van der Waals surface area contributed by atoms with Crippen molar-refractivity contribution in [3.63, 3.8) is 0 Å². The van der Waals surface area contributed by atoms with Crippen LogP contribution in [0.5, 0.6) is 0 Å². The third kappa shape index (κ3) is 4.99. The number of hydrogen-bond acceptors (Lipinski definition) is 4. The summed E-state index contributed by atoms with van der Waals surface area (Å²) in [6.07, 6.45) is 4.84. The van der Waals surface area contributed by atoms with Crippen LogP contribution in [0, 0.1) is 0 Å². The Kier molecular flexibility index (Phi) is 5.41. The van der Waals surface area contributed by atoms with Crippen LogP contribution in [0.4, 0.5) is 19.4 Å². The number of imidazole rings is 1. The van der Waals surface area contributed by atoms with Gasteiger partial charge in [0.05, 0.1) is 5.52 Å². The number of fused-ring (bicyclic) bond motifs is 1. The molecule has 6 nitrogen and oxygen atoms in total. The second kappa shape index (κ2) is 7.89. The number of nitrogens with zero attached hydrogens (tertiary/aromatic N) is 3. The van der Waals surface area contributed by atoms with Crippen LogP contribution in [-0.4, -0.2) is 52.1 Å². The number of aromatic nitrogens is 3. The molecule has 12 heteroatoms. The van der Waals surface area contributed by atoms with Crippen molar-refractivity contribution in [2.45, 2.75) is 42.4 Å². The van der Waals surface area contributed by atoms with Crippen molar-refractivity contribution in [3.8, 4) is 0 Å². The van der Waals surface area contributed by atoms with Gasteiger partial charge in [0.2, 0.25) is 0 Å². The minimum atomic E-state index is -9.76. The number of likely N-dealkylation sites (tertiary alicyclic amines) is 1. The van der Waals surface area contributed by atoms with E-state index in [4.69, 9.17) is 9.72 Å². The third-order valence-corrected chi connectivity index (χ3v) is 7.98. The first-order chi connectivity index (χ1) is 16.4. The van der Waals surface area contributed by atoms with Gasteiger partial charge in [-0.25, -0.2) is 9.97 Å². The molecule has 2 aliphatic rings. The van der Waals surface area contributed by atoms with Crippen LogP contribution in [0.2, 0.25) is 0 Å². The van der Waals surface area contributed by atoms with Gasteiger partial charge in [-0.1, -0.05) is 19.4 Å². The fourth-order valence-electron chi connectivity index (χ4n) is 4.88. The summed E-state index contributed by atoms with van der Waals surface area (Å²) in [6.45, 7) is 2.21. The molecule has 0 atom stereocenters. The number of amides is 1. The Morgan fingerprint density at radius 2 is 1.60 bits per heavy atom. The fourth-order valence-corrected chi connectivity index (χ4v) is 5.53. The van der Waals surface area contributed by atoms with Crippen molar-refractivity contribution >= 4 is 27.3 Å². The molecule has 0 spiro atoms. The number of benzene rings is 1. The van der Waals surface area contributed by atoms with E-state index in [1.165, 1.54) is 0 Å². The zero-order valence-corrected chi connectivity index (χ0v) is 19.5. The Labute approximate surface area is 198 Å². The fraction of sp³-hybridized carbons (Fsp3) is 0.435. The molecule has 190 valence electrons. The molecule has 0 radical (unpaired) electrons. The number of pyridine rings is 1. The van der Waals surface area contributed by atoms with Gasteiger partial charge in [-0.2, -0.15) is 0 Å². The van der Waals surface area contributed by atoms with Crippen molar-refractivity contribution in [1.82, 2.24) is 19.9 Å². The van der Waals surface area contributed by atoms with Gasteiger partial charge >= 0.3 is 10.2 Å². The summed E-state index contributed by atoms with van der Waals surface area (Å²) in [4.78, 5) is 24.9. The number of H-pyrrole nitrogens is 1. The first-order valence-corrected chi connectivity index (χ1v) is 13.4. The predicted molar refractivity (Wildman–Crippen MR) is 122 cm³/mol. The smallest absolute Gasteiger partial charge is 0.310 e. The van der Waals surface area contributed by atoms with E-state index in [0.29, 0.717) is 50.7 Å². The summed E-state index contributed by atoms with van der Waals surface area (Å²) in [5.41, 5.74) is 2.58. The van der Waals surface area contributed by atoms with E-state index in [2.05, 4.69) is 9.97 Å². The van der Waals surface area contributed by atoms with E-state index in [1.807, 2.05) is 6.07 Å². The second-order valence-electron chi connectivity index (χ2n) is 9.17. The van der Waals surface area contributed by atoms with Gasteiger partial charge in [-0.15, -0.1) is 0 Å². The SMILES string of the molecule is O=C(c1ccc(S(F)(F)(F)(F)F)cc1)N1CCC(c2ccnc3nc(C4CCOCC4)[nH]c23)CC1. The van der Waals surface area contributed by atoms with Crippen molar-refractivity contribution in [2.24, 2.45) is 0 Å². The van der Waals surface area contributed by atoms with Gasteiger partial charge in [0.25, 0.3) is 5.91 Å². The van der Waals surface area contributed by atoms with Crippen molar-refractivity contribution in [2.75, 3.05) is 26.3 Å². The van der Waals surface area contributed by atoms with Gasteiger partial charge in [0, 0.05) is 44.0 Å². The molecule has 2 saturated heterocycles. The van der Waals surface area contributed by atoms with Crippen LogP contribution in [-0.2, 0) is 4.74 Å². The lowest BCUT2D eigenvalue weighted by molar-refractivity contribution is 0.0713. The van der Waals surface area contributed by atoms with E-state index in [1.54, 1.807) is 11.1 Å². The molecule has 5 rings (SSSR count). The zero-order chi connectivity index (χ0) is 24.9. The maximum atomic E-state index is 12.9. The monoisotopic (exact) mass is 516 g/mol. The van der Waals surface area contributed by atoms with E-state index < -0.39 is 21.0 Å². The lowest BCUT2D eigenvalue weighted by atomic mass is 9.89. The minimum absolute atomic E-state index is 0.0463. The van der Waals surface area contributed by atoms with Gasteiger partial charge in [-0.3, -0.25) is 4.79 Å². The third-order valence-electron chi connectivity index (χ3n) is 6.82. The standard InChI is InChI=1S/C23H25F5N4O2S/c24-35(25,26,27,28)18-3-1-17(2-4-18)23(33)32-11-6-15(7-12-32)19-5-10-29-22-20(19)30-21(31-22)16-8-13-34-14-9-16/h1-5,10,15-16H,6-9,11-14H2,(H,29,30,31). The molecule has 1 amide bonds. The van der Waals surface area contributed by atoms with Crippen LogP contribution >= 0.6 is 10.2 Å². The van der Waals surface area contributed by atoms with Crippen LogP contribution in [0.25, 0.3) is 11.2 Å². The molecule has 1 N–H and O–H groups in total. The predicted octanol–water partition coefficient (Wildman–Crippen LogP) is 6.53. The number of carbonyl (C=O) groups excluding carboxylic acids is 1. The number of rotatable bonds is 4. The van der Waals surface area contributed by atoms with Gasteiger partial charge in [0.1, 0.15) is 10.7 Å². The molecule has 1 aromatic carbocycles. The number of hydrogen-bond donors (Lipinski definition) is 1. The van der Waals surface area contributed by atoms with E-state index in [-0.39, 0.29) is 23.6 Å². The molecular formula is C23H25F5N4O2S. The van der Waals surface area contributed by atoms with Gasteiger partial charge in [-0.05, 0) is 67.5 Å². The summed E-state index contributed by atoms with van der Waals surface area (Å²) >= 11 is 0. The zero-order valence-electron chi connectivity index (χ0n) is 18.7. The van der Waals surface area contributed by atoms with E-state index >= 15 is 0 Å². The number of halogens is 5. The maximum absolute atomic E-state index is 12.9. The average Bonchev–Trinajstić information content (AvgIpc) is 3.28. The molecule has 0 bridgehead atoms. The van der Waals surface area contributed by atoms with Crippen molar-refractivity contribution in [3.05, 3.63) is 53.5 Å². The quantitative estimate of drug-likeness (QED) is 0.401. The lowest BCUT2D eigenvalue weighted by Gasteiger charge is -2.40. The highest BCUT2D eigenvalue weighted by Gasteiger charge is 2.65. The Morgan fingerprint density at radius 1 is 0.943 bits per heavy atom. The lowest BCUT2D eigenvalue weighted by Crippen LogP contribution is -2.38. The largest absolute Gasteiger partial charge is 0.381 e. The topological polar surface area (TPSA) is 71.1 Å². The molecule has 2 aromatic heterocycles. The normalized spacial score (nSPS) is 20.5. The Bertz CT molecular complexity index is 1250. The highest BCUT2D eigenvalue weighted by atomic mass is 32.5. The van der Waals surface area contributed by atoms with Crippen LogP contribution in [0.1, 0.15) is 59.3 Å². The molecule has 0 aliphatic carbocycles. The molecule has 4 heterocycles. The number of ether oxygens (including phenoxy) is 1. The van der Waals surface area contributed by atoms with Crippen LogP contribution in [0.15, 0.2) is 41.4 Å². The highest BCUT2D eigenvalue weighted by molar-refractivity contribution is 8.45. The summed E-state index contributed by atoms with van der Waals surface area (Å²) < 4.78 is 70.2. The van der Waals surface area contributed by atoms with Gasteiger partial charge in [0.15, 0.2) is 5.65 Å². The number of piperidine rings is 1. The molecule has 0 unspecified atom stereocenters. The van der Waals surface area contributed by atoms with Gasteiger partial charge < -0.3 is 14.6 Å². The minimum Gasteiger partial charge on any atom is -0.381 e. The van der Waals surface area contributed by atoms with Crippen LogP contribution < -0.4 is 0 Å². The number of nitrogens with one attached hydrogen (secondary N) is 1. The van der Waals surface area contributed by atoms with Crippen molar-refractivity contribution in [1.29, 1.82) is 0 Å². The molecule has 35 heavy (non-hydrogen) atoms. The Hall–Kier alpha value is -2.73. The summed E-state index contributed by atoms with van der Waals surface area (Å²) in [6, 6.07) is 4.15. The number of carbonyl (C=O) groups is 1. The van der Waals surface area contributed by atoms with E-state index in [0.717, 1.165) is 41.9 Å². The summed E-state index contributed by atoms with van der Waals surface area (Å²) in [7, 11) is -9.76.